The number of nitrogens with two attached hydrogens (primary N) is 2. The van der Waals surface area contributed by atoms with Crippen LogP contribution in [-0.4, -0.2) is 23.0 Å². The zero-order valence-electron chi connectivity index (χ0n) is 14.3. The molecule has 0 unspecified atom stereocenters. The predicted octanol–water partition coefficient (Wildman–Crippen LogP) is 2.41. The Morgan fingerprint density at radius 1 is 1.00 bits per heavy atom. The average molecular weight is 361 g/mol. The van der Waals surface area contributed by atoms with E-state index in [1.165, 1.54) is 0 Å². The maximum atomic E-state index is 12.2. The van der Waals surface area contributed by atoms with Crippen molar-refractivity contribution in [3.63, 3.8) is 0 Å². The molecule has 1 heterocycles. The van der Waals surface area contributed by atoms with E-state index in [0.717, 1.165) is 0 Å². The number of carbonyl (C=O) groups excluding carboxylic acids is 1. The molecule has 0 aliphatic carbocycles. The molecule has 0 saturated heterocycles. The molecule has 0 aliphatic rings. The summed E-state index contributed by atoms with van der Waals surface area (Å²) < 4.78 is 10.4. The molecule has 0 aliphatic heterocycles. The number of hydrogen-bond donors (Lipinski definition) is 2. The molecule has 0 bridgehead atoms. The Morgan fingerprint density at radius 3 is 2.22 bits per heavy atom. The third-order valence-corrected chi connectivity index (χ3v) is 3.73. The highest BCUT2D eigenvalue weighted by Crippen LogP contribution is 2.27. The first kappa shape index (κ1) is 17.7. The third kappa shape index (κ3) is 3.77. The normalized spacial score (nSPS) is 10.1. The van der Waals surface area contributed by atoms with Crippen LogP contribution < -0.4 is 20.9 Å². The first-order chi connectivity index (χ1) is 13.0. The molecule has 8 nitrogen and oxygen atoms in total. The fourth-order valence-electron chi connectivity index (χ4n) is 2.39. The van der Waals surface area contributed by atoms with Gasteiger partial charge < -0.3 is 20.9 Å². The van der Waals surface area contributed by atoms with Crippen LogP contribution >= 0.6 is 0 Å². The molecule has 0 amide bonds. The Bertz CT molecular complexity index is 1020. The molecule has 2 aromatic carbocycles. The Balaban J connectivity index is 1.82. The van der Waals surface area contributed by atoms with E-state index in [9.17, 15) is 10.1 Å². The van der Waals surface area contributed by atoms with Crippen LogP contribution in [0.25, 0.3) is 11.3 Å². The fraction of sp³-hybridized carbons (Fsp3) is 0.0526. The minimum atomic E-state index is -0.501. The van der Waals surface area contributed by atoms with Crippen LogP contribution in [0.3, 0.4) is 0 Å². The molecular weight excluding hydrogens is 346 g/mol. The van der Waals surface area contributed by atoms with E-state index in [1.54, 1.807) is 55.6 Å². The number of nitrogens with zero attached hydrogens (tertiary/aromatic N) is 3. The highest BCUT2D eigenvalue weighted by atomic mass is 16.5. The second kappa shape index (κ2) is 7.41. The topological polar surface area (TPSA) is 137 Å². The smallest absolute Gasteiger partial charge is 0.343 e. The van der Waals surface area contributed by atoms with E-state index < -0.39 is 5.97 Å². The van der Waals surface area contributed by atoms with Gasteiger partial charge in [-0.2, -0.15) is 10.2 Å². The molecule has 0 atom stereocenters. The Hall–Kier alpha value is -4.12. The largest absolute Gasteiger partial charge is 0.497 e. The van der Waals surface area contributed by atoms with Crippen LogP contribution in [0.15, 0.2) is 48.5 Å². The van der Waals surface area contributed by atoms with Crippen molar-refractivity contribution in [2.75, 3.05) is 18.6 Å². The number of benzene rings is 2. The molecule has 4 N–H and O–H groups in total. The van der Waals surface area contributed by atoms with Gasteiger partial charge in [0, 0.05) is 5.56 Å². The lowest BCUT2D eigenvalue weighted by Crippen LogP contribution is -2.08. The number of nitrogen functional groups attached to an aromatic ring is 2. The maximum Gasteiger partial charge on any atom is 0.343 e. The molecule has 1 aromatic heterocycles. The minimum absolute atomic E-state index is 0.00927. The van der Waals surface area contributed by atoms with Crippen molar-refractivity contribution >= 4 is 17.7 Å². The lowest BCUT2D eigenvalue weighted by molar-refractivity contribution is 0.0734. The van der Waals surface area contributed by atoms with Gasteiger partial charge in [0.2, 0.25) is 5.95 Å². The first-order valence-corrected chi connectivity index (χ1v) is 7.81. The van der Waals surface area contributed by atoms with Crippen LogP contribution in [0.1, 0.15) is 15.9 Å². The first-order valence-electron chi connectivity index (χ1n) is 7.81. The van der Waals surface area contributed by atoms with E-state index in [1.807, 2.05) is 6.07 Å². The number of ether oxygens (including phenoxy) is 2. The molecule has 0 saturated carbocycles. The highest BCUT2D eigenvalue weighted by molar-refractivity contribution is 5.91. The molecule has 3 rings (SSSR count). The van der Waals surface area contributed by atoms with Gasteiger partial charge in [0.15, 0.2) is 0 Å². The predicted molar refractivity (Wildman–Crippen MR) is 99.0 cm³/mol. The molecule has 3 aromatic rings. The van der Waals surface area contributed by atoms with Crippen molar-refractivity contribution in [1.29, 1.82) is 5.26 Å². The van der Waals surface area contributed by atoms with Crippen molar-refractivity contribution in [2.45, 2.75) is 0 Å². The maximum absolute atomic E-state index is 12.2. The molecular formula is C19H15N5O3. The molecule has 0 fully saturated rings. The summed E-state index contributed by atoms with van der Waals surface area (Å²) in [6.45, 7) is 0. The summed E-state index contributed by atoms with van der Waals surface area (Å²) in [4.78, 5) is 20.0. The fourth-order valence-corrected chi connectivity index (χ4v) is 2.39. The van der Waals surface area contributed by atoms with Crippen molar-refractivity contribution in [3.05, 3.63) is 59.7 Å². The van der Waals surface area contributed by atoms with E-state index in [0.29, 0.717) is 28.3 Å². The second-order valence-electron chi connectivity index (χ2n) is 5.44. The molecule has 0 spiro atoms. The molecule has 27 heavy (non-hydrogen) atoms. The summed E-state index contributed by atoms with van der Waals surface area (Å²) in [6, 6.07) is 15.0. The van der Waals surface area contributed by atoms with Crippen LogP contribution in [0.5, 0.6) is 11.5 Å². The SMILES string of the molecule is COc1ccc(C(=O)Oc2ccc(-c3nc(N)nc(N)c3C#N)cc2)cc1. The number of aromatic nitrogens is 2. The van der Waals surface area contributed by atoms with Gasteiger partial charge in [0.05, 0.1) is 18.4 Å². The number of esters is 1. The lowest BCUT2D eigenvalue weighted by Gasteiger charge is -2.08. The van der Waals surface area contributed by atoms with Gasteiger partial charge in [-0.05, 0) is 48.5 Å². The van der Waals surface area contributed by atoms with Crippen molar-refractivity contribution in [3.8, 4) is 28.8 Å². The van der Waals surface area contributed by atoms with Crippen molar-refractivity contribution < 1.29 is 14.3 Å². The zero-order chi connectivity index (χ0) is 19.4. The van der Waals surface area contributed by atoms with Gasteiger partial charge in [-0.15, -0.1) is 0 Å². The van der Waals surface area contributed by atoms with Gasteiger partial charge in [-0.3, -0.25) is 0 Å². The average Bonchev–Trinajstić information content (AvgIpc) is 2.68. The second-order valence-corrected chi connectivity index (χ2v) is 5.44. The summed E-state index contributed by atoms with van der Waals surface area (Å²) in [5.41, 5.74) is 12.8. The van der Waals surface area contributed by atoms with Gasteiger partial charge in [-0.1, -0.05) is 0 Å². The number of nitriles is 1. The minimum Gasteiger partial charge on any atom is -0.497 e. The van der Waals surface area contributed by atoms with Gasteiger partial charge in [-0.25, -0.2) is 9.78 Å². The number of rotatable bonds is 4. The quantitative estimate of drug-likeness (QED) is 0.534. The molecule has 134 valence electrons. The van der Waals surface area contributed by atoms with E-state index in [4.69, 9.17) is 20.9 Å². The van der Waals surface area contributed by atoms with E-state index in [2.05, 4.69) is 9.97 Å². The van der Waals surface area contributed by atoms with E-state index >= 15 is 0 Å². The summed E-state index contributed by atoms with van der Waals surface area (Å²) >= 11 is 0. The number of carbonyl (C=O) groups is 1. The highest BCUT2D eigenvalue weighted by Gasteiger charge is 2.14. The number of hydrogen-bond acceptors (Lipinski definition) is 8. The van der Waals surface area contributed by atoms with Gasteiger partial charge in [0.25, 0.3) is 0 Å². The zero-order valence-corrected chi connectivity index (χ0v) is 14.3. The van der Waals surface area contributed by atoms with Crippen LogP contribution in [0, 0.1) is 11.3 Å². The van der Waals surface area contributed by atoms with Crippen LogP contribution in [0.2, 0.25) is 0 Å². The third-order valence-electron chi connectivity index (χ3n) is 3.73. The van der Waals surface area contributed by atoms with Crippen molar-refractivity contribution in [2.24, 2.45) is 0 Å². The molecule has 0 radical (unpaired) electrons. The lowest BCUT2D eigenvalue weighted by atomic mass is 10.1. The number of methoxy groups -OCH3 is 1. The van der Waals surface area contributed by atoms with Gasteiger partial charge >= 0.3 is 5.97 Å². The Morgan fingerprint density at radius 2 is 1.63 bits per heavy atom. The van der Waals surface area contributed by atoms with Crippen molar-refractivity contribution in [1.82, 2.24) is 9.97 Å². The van der Waals surface area contributed by atoms with Crippen LogP contribution in [-0.2, 0) is 0 Å². The summed E-state index contributed by atoms with van der Waals surface area (Å²) in [5, 5.41) is 9.26. The monoisotopic (exact) mass is 361 g/mol. The van der Waals surface area contributed by atoms with Crippen LogP contribution in [0.4, 0.5) is 11.8 Å². The number of anilines is 2. The van der Waals surface area contributed by atoms with E-state index in [-0.39, 0.29) is 17.3 Å². The summed E-state index contributed by atoms with van der Waals surface area (Å²) in [7, 11) is 1.55. The molecule has 8 heteroatoms. The Kier molecular flexibility index (Phi) is 4.86. The van der Waals surface area contributed by atoms with Gasteiger partial charge in [0.1, 0.15) is 28.9 Å². The summed E-state index contributed by atoms with van der Waals surface area (Å²) in [5.74, 6) is 0.464. The Labute approximate surface area is 155 Å². The summed E-state index contributed by atoms with van der Waals surface area (Å²) in [6.07, 6.45) is 0. The standard InChI is InChI=1S/C19H15N5O3/c1-26-13-6-4-12(5-7-13)18(25)27-14-8-2-11(3-9-14)16-15(10-20)17(21)24-19(22)23-16/h2-9H,1H3,(H4,21,22,23,24).